The van der Waals surface area contributed by atoms with Crippen LogP contribution in [0.2, 0.25) is 0 Å². The predicted molar refractivity (Wildman–Crippen MR) is 129 cm³/mol. The fourth-order valence-electron chi connectivity index (χ4n) is 4.20. The van der Waals surface area contributed by atoms with Crippen LogP contribution in [-0.2, 0) is 11.2 Å². The van der Waals surface area contributed by atoms with Gasteiger partial charge < -0.3 is 15.0 Å². The SMILES string of the molecule is CC(C)CC(C)n1c(Cc2cccs2)nc2cc(C(=O)N[C@@H](CC(C)C)C(=O)O)ccc21. The van der Waals surface area contributed by atoms with Gasteiger partial charge in [-0.05, 0) is 61.2 Å². The average molecular weight is 456 g/mol. The molecule has 0 aliphatic rings. The van der Waals surface area contributed by atoms with Gasteiger partial charge in [-0.3, -0.25) is 4.79 Å². The number of carbonyl (C=O) groups excluding carboxylic acids is 1. The van der Waals surface area contributed by atoms with Crippen LogP contribution in [0.15, 0.2) is 35.7 Å². The van der Waals surface area contributed by atoms with Gasteiger partial charge in [0.1, 0.15) is 11.9 Å². The molecular weight excluding hydrogens is 422 g/mol. The minimum atomic E-state index is -1.02. The van der Waals surface area contributed by atoms with E-state index in [0.29, 0.717) is 17.9 Å². The molecule has 2 aromatic heterocycles. The number of aliphatic carboxylic acids is 1. The van der Waals surface area contributed by atoms with Crippen molar-refractivity contribution in [1.29, 1.82) is 0 Å². The summed E-state index contributed by atoms with van der Waals surface area (Å²) in [6.45, 7) is 10.5. The molecule has 0 aliphatic carbocycles. The van der Waals surface area contributed by atoms with Crippen molar-refractivity contribution in [2.45, 2.75) is 66.0 Å². The molecular formula is C25H33N3O3S. The maximum Gasteiger partial charge on any atom is 0.326 e. The van der Waals surface area contributed by atoms with Crippen molar-refractivity contribution >= 4 is 34.2 Å². The van der Waals surface area contributed by atoms with Crippen molar-refractivity contribution in [1.82, 2.24) is 14.9 Å². The minimum Gasteiger partial charge on any atom is -0.480 e. The molecule has 6 nitrogen and oxygen atoms in total. The molecule has 172 valence electrons. The summed E-state index contributed by atoms with van der Waals surface area (Å²) in [7, 11) is 0. The maximum absolute atomic E-state index is 12.8. The largest absolute Gasteiger partial charge is 0.480 e. The van der Waals surface area contributed by atoms with Gasteiger partial charge in [0.15, 0.2) is 0 Å². The summed E-state index contributed by atoms with van der Waals surface area (Å²) >= 11 is 1.71. The van der Waals surface area contributed by atoms with Gasteiger partial charge in [0.2, 0.25) is 0 Å². The number of aromatic nitrogens is 2. The Kier molecular flexibility index (Phi) is 7.72. The first-order valence-electron chi connectivity index (χ1n) is 11.2. The quantitative estimate of drug-likeness (QED) is 0.421. The summed E-state index contributed by atoms with van der Waals surface area (Å²) in [4.78, 5) is 30.5. The molecule has 0 bridgehead atoms. The number of rotatable bonds is 10. The summed E-state index contributed by atoms with van der Waals surface area (Å²) in [6.07, 6.45) is 2.15. The van der Waals surface area contributed by atoms with Crippen molar-refractivity contribution < 1.29 is 14.7 Å². The van der Waals surface area contributed by atoms with Crippen LogP contribution in [0.5, 0.6) is 0 Å². The first-order valence-corrected chi connectivity index (χ1v) is 12.1. The third-order valence-electron chi connectivity index (χ3n) is 5.50. The summed E-state index contributed by atoms with van der Waals surface area (Å²) < 4.78 is 2.29. The molecule has 0 radical (unpaired) electrons. The van der Waals surface area contributed by atoms with Crippen LogP contribution in [0.1, 0.15) is 74.6 Å². The molecule has 0 spiro atoms. The molecule has 2 N–H and O–H groups in total. The second-order valence-electron chi connectivity index (χ2n) is 9.33. The zero-order valence-electron chi connectivity index (χ0n) is 19.5. The summed E-state index contributed by atoms with van der Waals surface area (Å²) in [6, 6.07) is 9.00. The molecule has 1 aromatic carbocycles. The number of nitrogens with zero attached hydrogens (tertiary/aromatic N) is 2. The Morgan fingerprint density at radius 2 is 1.81 bits per heavy atom. The number of nitrogens with one attached hydrogen (secondary N) is 1. The van der Waals surface area contributed by atoms with Gasteiger partial charge in [0, 0.05) is 22.9 Å². The highest BCUT2D eigenvalue weighted by atomic mass is 32.1. The first-order chi connectivity index (χ1) is 15.2. The Hall–Kier alpha value is -2.67. The number of carboxylic acids is 1. The maximum atomic E-state index is 12.8. The van der Waals surface area contributed by atoms with Gasteiger partial charge in [-0.25, -0.2) is 9.78 Å². The van der Waals surface area contributed by atoms with Crippen molar-refractivity contribution in [3.05, 3.63) is 52.0 Å². The van der Waals surface area contributed by atoms with Gasteiger partial charge in [0.25, 0.3) is 5.91 Å². The smallest absolute Gasteiger partial charge is 0.326 e. The molecule has 0 aliphatic heterocycles. The van der Waals surface area contributed by atoms with Crippen LogP contribution in [0.25, 0.3) is 11.0 Å². The Morgan fingerprint density at radius 1 is 1.09 bits per heavy atom. The zero-order valence-corrected chi connectivity index (χ0v) is 20.3. The highest BCUT2D eigenvalue weighted by Crippen LogP contribution is 2.28. The molecule has 0 saturated heterocycles. The molecule has 0 saturated carbocycles. The summed E-state index contributed by atoms with van der Waals surface area (Å²) in [5, 5.41) is 14.2. The molecule has 1 unspecified atom stereocenters. The van der Waals surface area contributed by atoms with E-state index >= 15 is 0 Å². The molecule has 1 amide bonds. The van der Waals surface area contributed by atoms with Crippen LogP contribution in [0.3, 0.4) is 0 Å². The first kappa shape index (κ1) is 24.0. The van der Waals surface area contributed by atoms with Gasteiger partial charge in [-0.2, -0.15) is 0 Å². The predicted octanol–water partition coefficient (Wildman–Crippen LogP) is 5.52. The lowest BCUT2D eigenvalue weighted by Crippen LogP contribution is -2.41. The highest BCUT2D eigenvalue weighted by Gasteiger charge is 2.23. The van der Waals surface area contributed by atoms with Crippen LogP contribution < -0.4 is 5.32 Å². The second-order valence-corrected chi connectivity index (χ2v) is 10.4. The van der Waals surface area contributed by atoms with Crippen LogP contribution in [0.4, 0.5) is 0 Å². The Balaban J connectivity index is 1.95. The lowest BCUT2D eigenvalue weighted by molar-refractivity contribution is -0.139. The third kappa shape index (κ3) is 5.76. The molecule has 3 rings (SSSR count). The van der Waals surface area contributed by atoms with E-state index in [1.54, 1.807) is 23.5 Å². The number of benzene rings is 1. The highest BCUT2D eigenvalue weighted by molar-refractivity contribution is 7.09. The van der Waals surface area contributed by atoms with Gasteiger partial charge in [0.05, 0.1) is 11.0 Å². The van der Waals surface area contributed by atoms with Crippen LogP contribution in [0, 0.1) is 11.8 Å². The fraction of sp³-hybridized carbons (Fsp3) is 0.480. The van der Waals surface area contributed by atoms with E-state index in [-0.39, 0.29) is 17.9 Å². The number of imidazole rings is 1. The minimum absolute atomic E-state index is 0.164. The number of carboxylic acid groups (broad SMARTS) is 1. The summed E-state index contributed by atoms with van der Waals surface area (Å²) in [5.41, 5.74) is 2.19. The average Bonchev–Trinajstić information content (AvgIpc) is 3.33. The van der Waals surface area contributed by atoms with Crippen molar-refractivity contribution in [2.24, 2.45) is 11.8 Å². The number of hydrogen-bond acceptors (Lipinski definition) is 4. The number of thiophene rings is 1. The molecule has 7 heteroatoms. The molecule has 2 atom stereocenters. The van der Waals surface area contributed by atoms with E-state index in [1.165, 1.54) is 4.88 Å². The standard InChI is InChI=1S/C25H33N3O3S/c1-15(2)11-17(5)28-22-9-8-18(24(29)27-21(25(30)31)12-16(3)4)13-20(22)26-23(28)14-19-7-6-10-32-19/h6-10,13,15-17,21H,11-12,14H2,1-5H3,(H,27,29)(H,30,31)/t17?,21-/m0/s1. The van der Waals surface area contributed by atoms with Crippen molar-refractivity contribution in [3.8, 4) is 0 Å². The monoisotopic (exact) mass is 455 g/mol. The number of hydrogen-bond donors (Lipinski definition) is 2. The van der Waals surface area contributed by atoms with Crippen molar-refractivity contribution in [2.75, 3.05) is 0 Å². The van der Waals surface area contributed by atoms with E-state index in [9.17, 15) is 14.7 Å². The topological polar surface area (TPSA) is 84.2 Å². The lowest BCUT2D eigenvalue weighted by Gasteiger charge is -2.19. The van der Waals surface area contributed by atoms with Crippen molar-refractivity contribution in [3.63, 3.8) is 0 Å². The zero-order chi connectivity index (χ0) is 23.4. The molecule has 0 fully saturated rings. The van der Waals surface area contributed by atoms with E-state index in [2.05, 4.69) is 42.1 Å². The third-order valence-corrected chi connectivity index (χ3v) is 6.38. The molecule has 3 aromatic rings. The second kappa shape index (κ2) is 10.3. The normalized spacial score (nSPS) is 13.6. The number of amides is 1. The van der Waals surface area contributed by atoms with E-state index in [0.717, 1.165) is 29.7 Å². The van der Waals surface area contributed by atoms with E-state index in [4.69, 9.17) is 4.98 Å². The summed E-state index contributed by atoms with van der Waals surface area (Å²) in [5.74, 6) is 0.298. The van der Waals surface area contributed by atoms with Crippen LogP contribution >= 0.6 is 11.3 Å². The fourth-order valence-corrected chi connectivity index (χ4v) is 4.90. The van der Waals surface area contributed by atoms with E-state index in [1.807, 2.05) is 26.0 Å². The number of fused-ring (bicyclic) bond motifs is 1. The van der Waals surface area contributed by atoms with Crippen LogP contribution in [-0.4, -0.2) is 32.6 Å². The Morgan fingerprint density at radius 3 is 2.41 bits per heavy atom. The Labute approximate surface area is 193 Å². The lowest BCUT2D eigenvalue weighted by atomic mass is 10.0. The molecule has 2 heterocycles. The number of carbonyl (C=O) groups is 2. The van der Waals surface area contributed by atoms with Gasteiger partial charge in [-0.15, -0.1) is 11.3 Å². The van der Waals surface area contributed by atoms with Gasteiger partial charge in [-0.1, -0.05) is 33.8 Å². The molecule has 32 heavy (non-hydrogen) atoms. The van der Waals surface area contributed by atoms with Gasteiger partial charge >= 0.3 is 5.97 Å². The van der Waals surface area contributed by atoms with E-state index < -0.39 is 12.0 Å². The Bertz CT molecular complexity index is 1070.